The fourth-order valence-corrected chi connectivity index (χ4v) is 0. The molecule has 0 heterocycles. The molecule has 0 nitrogen and oxygen atoms in total. The Kier molecular flexibility index (Phi) is 282. The molecule has 0 N–H and O–H groups in total. The summed E-state index contributed by atoms with van der Waals surface area (Å²) < 4.78 is 0. The van der Waals surface area contributed by atoms with Gasteiger partial charge < -0.3 is 0 Å². The van der Waals surface area contributed by atoms with Gasteiger partial charge in [0.2, 0.25) is 0 Å². The van der Waals surface area contributed by atoms with E-state index >= 15 is 0 Å². The van der Waals surface area contributed by atoms with Crippen LogP contribution in [-0.2, 0) is 0 Å². The van der Waals surface area contributed by atoms with Crippen molar-refractivity contribution < 1.29 is 0 Å². The van der Waals surface area contributed by atoms with Crippen LogP contribution in [0, 0.1) is 0 Å². The Morgan fingerprint density at radius 2 is 0.250 bits per heavy atom. The average molecular weight is 1070 g/mol. The average Bonchev–Trinajstić information content (AvgIpc) is 0. The van der Waals surface area contributed by atoms with Crippen molar-refractivity contribution in [2.75, 3.05) is 0 Å². The first-order chi connectivity index (χ1) is 0. The molecule has 0 aromatic carbocycles. The molecule has 0 aromatic heterocycles. The van der Waals surface area contributed by atoms with Crippen LogP contribution in [0.3, 0.4) is 0 Å². The largest absolute Gasteiger partial charge is 0 e. The van der Waals surface area contributed by atoms with E-state index < -0.39 is 0 Å². The fraction of sp³-hybridized carbons (Fsp3) is 0. The Labute approximate surface area is 294 Å². The van der Waals surface area contributed by atoms with E-state index in [-0.39, 0.29) is 306 Å². The van der Waals surface area contributed by atoms with Crippen LogP contribution in [0.25, 0.3) is 0 Å². The Balaban J connectivity index is 0. The quantitative estimate of drug-likeness (QED) is 0.227. The van der Waals surface area contributed by atoms with Crippen molar-refractivity contribution in [2.45, 2.75) is 0 Å². The van der Waals surface area contributed by atoms with Crippen LogP contribution < -0.4 is 0 Å². The predicted molar refractivity (Wildman–Crippen MR) is 46.0 cm³/mol. The van der Waals surface area contributed by atoms with E-state index in [1.165, 1.54) is 0 Å². The summed E-state index contributed by atoms with van der Waals surface area (Å²) in [6, 6.07) is 0. The molecule has 0 aliphatic rings. The van der Waals surface area contributed by atoms with Gasteiger partial charge in [0.1, 0.15) is 0 Å². The van der Waals surface area contributed by atoms with Crippen molar-refractivity contribution in [3.63, 3.8) is 0 Å². The van der Waals surface area contributed by atoms with Gasteiger partial charge in [0.25, 0.3) is 0 Å². The second-order valence-corrected chi connectivity index (χ2v) is 0. The molecule has 0 bridgehead atoms. The third-order valence-electron chi connectivity index (χ3n) is 0. The van der Waals surface area contributed by atoms with Gasteiger partial charge >= 0.3 is 0 Å². The van der Waals surface area contributed by atoms with Gasteiger partial charge in [-0.3, -0.25) is 0 Å². The Morgan fingerprint density at radius 1 is 0.250 bits per heavy atom. The first kappa shape index (κ1) is 51.9. The van der Waals surface area contributed by atoms with Crippen LogP contribution in [-0.4, -0.2) is 306 Å². The molecule has 8 heteroatoms. The number of hydrogen-bond acceptors (Lipinski definition) is 0. The summed E-state index contributed by atoms with van der Waals surface area (Å²) in [6.45, 7) is 0. The zero-order chi connectivity index (χ0) is 0. The second kappa shape index (κ2) is 43.5. The minimum atomic E-state index is 0. The van der Waals surface area contributed by atoms with Gasteiger partial charge in [0.05, 0.1) is 0 Å². The first-order valence-electron chi connectivity index (χ1n) is 0. The van der Waals surface area contributed by atoms with Gasteiger partial charge in [-0.15, -0.1) is 0 Å². The topological polar surface area (TPSA) is 0 Å². The molecule has 0 fully saturated rings. The van der Waals surface area contributed by atoms with Crippen LogP contribution in [0.2, 0.25) is 0 Å². The Bertz CT molecular complexity index is 7.64. The summed E-state index contributed by atoms with van der Waals surface area (Å²) in [5.41, 5.74) is 0. The number of rotatable bonds is 0. The van der Waals surface area contributed by atoms with Crippen molar-refractivity contribution in [2.24, 2.45) is 0 Å². The molecule has 0 aliphatic heterocycles. The van der Waals surface area contributed by atoms with E-state index in [1.54, 1.807) is 0 Å². The zero-order valence-electron chi connectivity index (χ0n) is 4.88. The van der Waals surface area contributed by atoms with Crippen LogP contribution in [0.5, 0.6) is 0 Å². The van der Waals surface area contributed by atoms with Gasteiger partial charge in [-0.25, -0.2) is 0 Å². The summed E-state index contributed by atoms with van der Waals surface area (Å²) >= 11 is 0. The van der Waals surface area contributed by atoms with Gasteiger partial charge in [0, 0.05) is 306 Å². The second-order valence-electron chi connectivity index (χ2n) is 0. The maximum atomic E-state index is 0. The van der Waals surface area contributed by atoms with E-state index in [1.807, 2.05) is 0 Å². The van der Waals surface area contributed by atoms with Crippen LogP contribution in [0.1, 0.15) is 0 Å². The summed E-state index contributed by atoms with van der Waals surface area (Å²) in [5.74, 6) is 0. The van der Waals surface area contributed by atoms with Crippen molar-refractivity contribution in [3.8, 4) is 0 Å². The van der Waals surface area contributed by atoms with Crippen molar-refractivity contribution >= 4 is 306 Å². The molecular weight excluding hydrogens is 1070 g/mol. The van der Waals surface area contributed by atoms with Crippen LogP contribution in [0.4, 0.5) is 0 Å². The van der Waals surface area contributed by atoms with Crippen molar-refractivity contribution in [1.29, 1.82) is 0 Å². The molecule has 0 unspecified atom stereocenters. The van der Waals surface area contributed by atoms with E-state index in [9.17, 15) is 0 Å². The van der Waals surface area contributed by atoms with E-state index in [4.69, 9.17) is 0 Å². The molecule has 0 saturated heterocycles. The molecule has 19 radical (unpaired) electrons. The molecule has 0 atom stereocenters. The van der Waals surface area contributed by atoms with Gasteiger partial charge in [-0.2, -0.15) is 0 Å². The Hall–Kier alpha value is 10.1. The van der Waals surface area contributed by atoms with E-state index in [0.717, 1.165) is 0 Å². The van der Waals surface area contributed by atoms with Crippen LogP contribution >= 0.6 is 0 Å². The standard InChI is InChI=1S/3Bi.5Sr. The Morgan fingerprint density at radius 3 is 0.250 bits per heavy atom. The third-order valence-corrected chi connectivity index (χ3v) is 0. The molecule has 8 heavy (non-hydrogen) atoms. The van der Waals surface area contributed by atoms with Gasteiger partial charge in [0.15, 0.2) is 0 Å². The summed E-state index contributed by atoms with van der Waals surface area (Å²) in [7, 11) is 0. The SMILES string of the molecule is [Bi].[Bi].[Bi].[Sr].[Sr].[Sr].[Sr].[Sr]. The summed E-state index contributed by atoms with van der Waals surface area (Å²) in [5, 5.41) is 0. The molecule has 25 valence electrons. The number of hydrogen-bond donors (Lipinski definition) is 0. The summed E-state index contributed by atoms with van der Waals surface area (Å²) in [6.07, 6.45) is 0. The molecule has 0 rings (SSSR count). The van der Waals surface area contributed by atoms with Gasteiger partial charge in [-0.1, -0.05) is 0 Å². The third kappa shape index (κ3) is 36.0. The van der Waals surface area contributed by atoms with Crippen molar-refractivity contribution in [1.82, 2.24) is 0 Å². The predicted octanol–water partition coefficient (Wildman–Crippen LogP) is -3.05. The van der Waals surface area contributed by atoms with E-state index in [0.29, 0.717) is 0 Å². The monoisotopic (exact) mass is 1070 g/mol. The van der Waals surface area contributed by atoms with E-state index in [2.05, 4.69) is 0 Å². The first-order valence-corrected chi connectivity index (χ1v) is 0. The summed E-state index contributed by atoms with van der Waals surface area (Å²) in [4.78, 5) is 0. The fourth-order valence-electron chi connectivity index (χ4n) is 0. The zero-order valence-corrected chi connectivity index (χ0v) is 32.7. The van der Waals surface area contributed by atoms with Crippen molar-refractivity contribution in [3.05, 3.63) is 0 Å². The maximum absolute atomic E-state index is 0. The van der Waals surface area contributed by atoms with Gasteiger partial charge in [-0.05, 0) is 0 Å². The normalized spacial score (nSPS) is 0. The minimum Gasteiger partial charge on any atom is 0 e. The molecule has 0 amide bonds. The molecule has 0 spiro atoms. The maximum Gasteiger partial charge on any atom is 0 e. The smallest absolute Gasteiger partial charge is 0 e. The molecular formula is Bi3Sr5. The molecule has 0 saturated carbocycles. The molecule has 0 aromatic rings. The minimum absolute atomic E-state index is 0. The van der Waals surface area contributed by atoms with Crippen LogP contribution in [0.15, 0.2) is 0 Å². The molecule has 0 aliphatic carbocycles.